The molecule has 1 nitrogen and oxygen atoms in total. The van der Waals surface area contributed by atoms with Crippen molar-refractivity contribution in [3.8, 4) is 0 Å². The van der Waals surface area contributed by atoms with E-state index in [1.807, 2.05) is 6.08 Å². The summed E-state index contributed by atoms with van der Waals surface area (Å²) in [5, 5.41) is 0. The molecular weight excluding hydrogens is 140 g/mol. The van der Waals surface area contributed by atoms with E-state index in [4.69, 9.17) is 4.43 Å². The highest BCUT2D eigenvalue weighted by atomic mass is 28.3. The summed E-state index contributed by atoms with van der Waals surface area (Å²) in [5.74, 6) is 0. The maximum absolute atomic E-state index is 5.67. The number of hydrogen-bond acceptors (Lipinski definition) is 1. The van der Waals surface area contributed by atoms with Gasteiger partial charge < -0.3 is 4.43 Å². The smallest absolute Gasteiger partial charge is 0.205 e. The lowest BCUT2D eigenvalue weighted by molar-refractivity contribution is 0.204. The van der Waals surface area contributed by atoms with Gasteiger partial charge in [0, 0.05) is 6.10 Å². The van der Waals surface area contributed by atoms with Gasteiger partial charge in [-0.15, -0.1) is 6.58 Å². The molecule has 1 atom stereocenters. The quantitative estimate of drug-likeness (QED) is 0.440. The molecule has 0 saturated heterocycles. The molecule has 59 valence electrons. The average Bonchev–Trinajstić information content (AvgIpc) is 1.86. The van der Waals surface area contributed by atoms with Crippen LogP contribution in [0.4, 0.5) is 0 Å². The fourth-order valence-corrected chi connectivity index (χ4v) is 1.75. The van der Waals surface area contributed by atoms with E-state index in [-0.39, 0.29) is 0 Å². The molecule has 0 bridgehead atoms. The fourth-order valence-electron chi connectivity index (χ4n) is 0.817. The van der Waals surface area contributed by atoms with Crippen molar-refractivity contribution in [2.24, 2.45) is 0 Å². The maximum Gasteiger partial charge on any atom is 0.205 e. The summed E-state index contributed by atoms with van der Waals surface area (Å²) in [5.41, 5.74) is 0. The molecule has 0 aliphatic heterocycles. The van der Waals surface area contributed by atoms with Gasteiger partial charge in [-0.05, 0) is 25.9 Å². The second-order valence-corrected chi connectivity index (χ2v) is 4.63. The Balaban J connectivity index is 3.48. The van der Waals surface area contributed by atoms with E-state index in [1.54, 1.807) is 0 Å². The Kier molecular flexibility index (Phi) is 5.64. The predicted octanol–water partition coefficient (Wildman–Crippen LogP) is 2.61. The third-order valence-corrected chi connectivity index (χ3v) is 2.09. The molecule has 0 aromatic carbocycles. The highest BCUT2D eigenvalue weighted by molar-refractivity contribution is 6.48. The van der Waals surface area contributed by atoms with Crippen molar-refractivity contribution in [1.82, 2.24) is 0 Å². The van der Waals surface area contributed by atoms with Crippen LogP contribution in [0.2, 0.25) is 13.1 Å². The molecule has 0 saturated carbocycles. The molecule has 0 aliphatic rings. The van der Waals surface area contributed by atoms with E-state index in [1.165, 1.54) is 0 Å². The van der Waals surface area contributed by atoms with Crippen LogP contribution in [0.25, 0.3) is 0 Å². The number of rotatable bonds is 5. The molecule has 1 unspecified atom stereocenters. The molecule has 2 heteroatoms. The summed E-state index contributed by atoms with van der Waals surface area (Å²) in [4.78, 5) is 0. The van der Waals surface area contributed by atoms with E-state index < -0.39 is 9.04 Å². The van der Waals surface area contributed by atoms with Crippen LogP contribution in [0.15, 0.2) is 12.7 Å². The first-order chi connectivity index (χ1) is 4.70. The molecule has 0 aliphatic carbocycles. The first-order valence-electron chi connectivity index (χ1n) is 3.78. The summed E-state index contributed by atoms with van der Waals surface area (Å²) in [6.45, 7) is 10.2. The molecule has 10 heavy (non-hydrogen) atoms. The Morgan fingerprint density at radius 1 is 1.60 bits per heavy atom. The molecule has 0 N–H and O–H groups in total. The van der Waals surface area contributed by atoms with Gasteiger partial charge in [0.1, 0.15) is 0 Å². The predicted molar refractivity (Wildman–Crippen MR) is 47.5 cm³/mol. The Morgan fingerprint density at radius 3 is 2.50 bits per heavy atom. The fraction of sp³-hybridized carbons (Fsp3) is 0.750. The number of hydrogen-bond donors (Lipinski definition) is 0. The first kappa shape index (κ1) is 9.92. The zero-order chi connectivity index (χ0) is 7.98. The first-order valence-corrected chi connectivity index (χ1v) is 6.19. The summed E-state index contributed by atoms with van der Waals surface area (Å²) < 4.78 is 5.67. The minimum atomic E-state index is -0.515. The normalized spacial score (nSPS) is 13.6. The van der Waals surface area contributed by atoms with E-state index in [2.05, 4.69) is 26.6 Å². The van der Waals surface area contributed by atoms with Crippen LogP contribution in [0, 0.1) is 0 Å². The molecule has 0 fully saturated rings. The molecule has 0 heterocycles. The SMILES string of the molecule is C=CCC(CC)O[Si](C)C. The largest absolute Gasteiger partial charge is 0.414 e. The second-order valence-electron chi connectivity index (χ2n) is 2.58. The van der Waals surface area contributed by atoms with Crippen molar-refractivity contribution in [1.29, 1.82) is 0 Å². The lowest BCUT2D eigenvalue weighted by Crippen LogP contribution is -2.19. The van der Waals surface area contributed by atoms with Crippen LogP contribution in [-0.2, 0) is 4.43 Å². The van der Waals surface area contributed by atoms with Crippen molar-refractivity contribution in [3.05, 3.63) is 12.7 Å². The Bertz CT molecular complexity index is 91.3. The van der Waals surface area contributed by atoms with Crippen molar-refractivity contribution in [2.75, 3.05) is 0 Å². The third-order valence-electron chi connectivity index (χ3n) is 1.29. The monoisotopic (exact) mass is 157 g/mol. The van der Waals surface area contributed by atoms with Crippen molar-refractivity contribution >= 4 is 9.04 Å². The van der Waals surface area contributed by atoms with Crippen LogP contribution >= 0.6 is 0 Å². The van der Waals surface area contributed by atoms with Crippen LogP contribution in [0.1, 0.15) is 19.8 Å². The van der Waals surface area contributed by atoms with Gasteiger partial charge in [-0.1, -0.05) is 13.0 Å². The maximum atomic E-state index is 5.67. The van der Waals surface area contributed by atoms with Crippen molar-refractivity contribution in [2.45, 2.75) is 39.0 Å². The zero-order valence-corrected chi connectivity index (χ0v) is 8.18. The Hall–Kier alpha value is -0.0831. The van der Waals surface area contributed by atoms with E-state index in [0.717, 1.165) is 12.8 Å². The Labute approximate surface area is 65.8 Å². The van der Waals surface area contributed by atoms with E-state index in [0.29, 0.717) is 6.10 Å². The van der Waals surface area contributed by atoms with Gasteiger partial charge in [-0.25, -0.2) is 0 Å². The topological polar surface area (TPSA) is 9.23 Å². The molecule has 0 aromatic rings. The van der Waals surface area contributed by atoms with E-state index >= 15 is 0 Å². The Morgan fingerprint density at radius 2 is 2.20 bits per heavy atom. The lowest BCUT2D eigenvalue weighted by atomic mass is 10.2. The minimum absolute atomic E-state index is 0.418. The second kappa shape index (κ2) is 5.68. The molecule has 0 amide bonds. The van der Waals surface area contributed by atoms with Crippen LogP contribution in [0.5, 0.6) is 0 Å². The van der Waals surface area contributed by atoms with Gasteiger partial charge in [-0.2, -0.15) is 0 Å². The zero-order valence-electron chi connectivity index (χ0n) is 7.18. The third kappa shape index (κ3) is 4.76. The van der Waals surface area contributed by atoms with Crippen LogP contribution in [0.3, 0.4) is 0 Å². The molecule has 0 rings (SSSR count). The highest BCUT2D eigenvalue weighted by Crippen LogP contribution is 2.05. The molecule has 0 aromatic heterocycles. The van der Waals surface area contributed by atoms with E-state index in [9.17, 15) is 0 Å². The van der Waals surface area contributed by atoms with Crippen LogP contribution < -0.4 is 0 Å². The molecular formula is C8H17OSi. The summed E-state index contributed by atoms with van der Waals surface area (Å²) in [7, 11) is -0.515. The molecule has 1 radical (unpaired) electrons. The van der Waals surface area contributed by atoms with Crippen molar-refractivity contribution < 1.29 is 4.43 Å². The standard InChI is InChI=1S/C8H17OSi/c1-5-7-8(6-2)9-10(3)4/h5,8H,1,6-7H2,2-4H3. The van der Waals surface area contributed by atoms with Gasteiger partial charge in [-0.3, -0.25) is 0 Å². The highest BCUT2D eigenvalue weighted by Gasteiger charge is 2.06. The summed E-state index contributed by atoms with van der Waals surface area (Å²) in [6, 6.07) is 0. The van der Waals surface area contributed by atoms with Gasteiger partial charge in [0.15, 0.2) is 0 Å². The summed E-state index contributed by atoms with van der Waals surface area (Å²) >= 11 is 0. The van der Waals surface area contributed by atoms with Gasteiger partial charge in [0.25, 0.3) is 0 Å². The minimum Gasteiger partial charge on any atom is -0.414 e. The lowest BCUT2D eigenvalue weighted by Gasteiger charge is -2.15. The van der Waals surface area contributed by atoms with Crippen LogP contribution in [-0.4, -0.2) is 15.1 Å². The van der Waals surface area contributed by atoms with Crippen molar-refractivity contribution in [3.63, 3.8) is 0 Å². The summed E-state index contributed by atoms with van der Waals surface area (Å²) in [6.07, 6.45) is 4.44. The van der Waals surface area contributed by atoms with Gasteiger partial charge >= 0.3 is 0 Å². The van der Waals surface area contributed by atoms with Gasteiger partial charge in [0.05, 0.1) is 0 Å². The molecule has 0 spiro atoms. The average molecular weight is 157 g/mol. The van der Waals surface area contributed by atoms with Gasteiger partial charge in [0.2, 0.25) is 9.04 Å².